The van der Waals surface area contributed by atoms with Gasteiger partial charge in [0.25, 0.3) is 0 Å². The van der Waals surface area contributed by atoms with E-state index in [1.54, 1.807) is 26.0 Å². The Balaban J connectivity index is 2.44. The van der Waals surface area contributed by atoms with Crippen molar-refractivity contribution in [3.63, 3.8) is 0 Å². The fraction of sp³-hybridized carbons (Fsp3) is 0.200. The summed E-state index contributed by atoms with van der Waals surface area (Å²) in [5.74, 6) is -0.713. The van der Waals surface area contributed by atoms with Crippen LogP contribution in [0.15, 0.2) is 36.4 Å². The van der Waals surface area contributed by atoms with E-state index in [2.05, 4.69) is 0 Å². The van der Waals surface area contributed by atoms with Crippen molar-refractivity contribution < 1.29 is 13.9 Å². The van der Waals surface area contributed by atoms with Crippen LogP contribution in [0.2, 0.25) is 0 Å². The maximum absolute atomic E-state index is 13.2. The Kier molecular flexibility index (Phi) is 3.43. The van der Waals surface area contributed by atoms with Crippen molar-refractivity contribution in [3.8, 4) is 0 Å². The normalized spacial score (nSPS) is 12.5. The maximum Gasteiger partial charge on any atom is 0.126 e. The monoisotopic (exact) mass is 248 g/mol. The second kappa shape index (κ2) is 4.86. The minimum Gasteiger partial charge on any atom is -0.384 e. The quantitative estimate of drug-likeness (QED) is 0.859. The summed E-state index contributed by atoms with van der Waals surface area (Å²) in [6.07, 6.45) is -0.944. The molecule has 1 N–H and O–H groups in total. The van der Waals surface area contributed by atoms with Crippen LogP contribution in [0, 0.1) is 25.5 Å². The molecule has 0 saturated heterocycles. The highest BCUT2D eigenvalue weighted by atomic mass is 19.1. The summed E-state index contributed by atoms with van der Waals surface area (Å²) >= 11 is 0. The molecule has 2 rings (SSSR count). The van der Waals surface area contributed by atoms with E-state index in [1.165, 1.54) is 24.3 Å². The van der Waals surface area contributed by atoms with E-state index < -0.39 is 11.9 Å². The molecule has 1 unspecified atom stereocenters. The molecule has 0 amide bonds. The summed E-state index contributed by atoms with van der Waals surface area (Å²) in [6.45, 7) is 3.43. The van der Waals surface area contributed by atoms with Crippen LogP contribution in [0.3, 0.4) is 0 Å². The number of rotatable bonds is 2. The van der Waals surface area contributed by atoms with Crippen molar-refractivity contribution >= 4 is 0 Å². The van der Waals surface area contributed by atoms with E-state index >= 15 is 0 Å². The summed E-state index contributed by atoms with van der Waals surface area (Å²) in [5.41, 5.74) is 2.31. The van der Waals surface area contributed by atoms with Gasteiger partial charge in [0, 0.05) is 0 Å². The van der Waals surface area contributed by atoms with Gasteiger partial charge in [0.2, 0.25) is 0 Å². The molecule has 94 valence electrons. The zero-order valence-corrected chi connectivity index (χ0v) is 10.2. The summed E-state index contributed by atoms with van der Waals surface area (Å²) in [4.78, 5) is 0. The average molecular weight is 248 g/mol. The molecule has 1 atom stereocenters. The summed E-state index contributed by atoms with van der Waals surface area (Å²) in [7, 11) is 0. The van der Waals surface area contributed by atoms with Crippen LogP contribution in [-0.2, 0) is 0 Å². The van der Waals surface area contributed by atoms with Gasteiger partial charge in [-0.1, -0.05) is 18.2 Å². The first kappa shape index (κ1) is 12.7. The molecule has 3 heteroatoms. The fourth-order valence-corrected chi connectivity index (χ4v) is 1.92. The van der Waals surface area contributed by atoms with Crippen LogP contribution < -0.4 is 0 Å². The Labute approximate surface area is 105 Å². The number of hydrogen-bond donors (Lipinski definition) is 1. The minimum atomic E-state index is -0.944. The summed E-state index contributed by atoms with van der Waals surface area (Å²) in [5, 5.41) is 10.2. The predicted molar refractivity (Wildman–Crippen MR) is 66.3 cm³/mol. The number of halogens is 2. The molecule has 0 spiro atoms. The molecule has 0 aromatic heterocycles. The van der Waals surface area contributed by atoms with E-state index in [4.69, 9.17) is 0 Å². The Bertz CT molecular complexity index is 579. The molecule has 0 aliphatic carbocycles. The Morgan fingerprint density at radius 2 is 1.67 bits per heavy atom. The molecule has 2 aromatic rings. The third kappa shape index (κ3) is 2.41. The van der Waals surface area contributed by atoms with E-state index in [0.717, 1.165) is 5.56 Å². The lowest BCUT2D eigenvalue weighted by Crippen LogP contribution is -2.03. The topological polar surface area (TPSA) is 20.2 Å². The Morgan fingerprint density at radius 3 is 2.33 bits per heavy atom. The molecule has 0 heterocycles. The first-order chi connectivity index (χ1) is 8.49. The Morgan fingerprint density at radius 1 is 0.944 bits per heavy atom. The van der Waals surface area contributed by atoms with Crippen LogP contribution in [0.1, 0.15) is 28.4 Å². The highest BCUT2D eigenvalue weighted by Crippen LogP contribution is 2.26. The van der Waals surface area contributed by atoms with Crippen LogP contribution in [-0.4, -0.2) is 5.11 Å². The molecule has 0 saturated carbocycles. The van der Waals surface area contributed by atoms with E-state index in [0.29, 0.717) is 16.7 Å². The van der Waals surface area contributed by atoms with Gasteiger partial charge in [0.1, 0.15) is 17.7 Å². The number of benzene rings is 2. The van der Waals surface area contributed by atoms with Crippen LogP contribution >= 0.6 is 0 Å². The molecule has 1 nitrogen and oxygen atoms in total. The number of aryl methyl sites for hydroxylation is 2. The van der Waals surface area contributed by atoms with Crippen molar-refractivity contribution in [3.05, 3.63) is 70.3 Å². The van der Waals surface area contributed by atoms with Gasteiger partial charge in [-0.2, -0.15) is 0 Å². The molecule has 18 heavy (non-hydrogen) atoms. The number of aliphatic hydroxyl groups is 1. The van der Waals surface area contributed by atoms with Crippen molar-refractivity contribution in [2.75, 3.05) is 0 Å². The number of aliphatic hydroxyl groups excluding tert-OH is 1. The second-order valence-electron chi connectivity index (χ2n) is 4.41. The summed E-state index contributed by atoms with van der Waals surface area (Å²) in [6, 6.07) is 8.66. The molecule has 0 bridgehead atoms. The predicted octanol–water partition coefficient (Wildman–Crippen LogP) is 3.66. The van der Waals surface area contributed by atoms with Crippen molar-refractivity contribution in [2.24, 2.45) is 0 Å². The van der Waals surface area contributed by atoms with E-state index in [-0.39, 0.29) is 5.82 Å². The highest BCUT2D eigenvalue weighted by molar-refractivity contribution is 5.37. The average Bonchev–Trinajstić information content (AvgIpc) is 2.35. The third-order valence-corrected chi connectivity index (χ3v) is 3.03. The standard InChI is InChI=1S/C15H14F2O/c1-9-3-5-12(16)8-13(9)15(18)11-4-6-14(17)10(2)7-11/h3-8,15,18H,1-2H3. The lowest BCUT2D eigenvalue weighted by atomic mass is 9.96. The first-order valence-corrected chi connectivity index (χ1v) is 5.69. The minimum absolute atomic E-state index is 0.318. The van der Waals surface area contributed by atoms with Gasteiger partial charge in [-0.25, -0.2) is 8.78 Å². The van der Waals surface area contributed by atoms with Gasteiger partial charge in [-0.15, -0.1) is 0 Å². The molecule has 0 fully saturated rings. The van der Waals surface area contributed by atoms with Crippen LogP contribution in [0.25, 0.3) is 0 Å². The molecule has 0 aliphatic rings. The summed E-state index contributed by atoms with van der Waals surface area (Å²) < 4.78 is 26.4. The van der Waals surface area contributed by atoms with Crippen LogP contribution in [0.5, 0.6) is 0 Å². The van der Waals surface area contributed by atoms with E-state index in [9.17, 15) is 13.9 Å². The zero-order valence-electron chi connectivity index (χ0n) is 10.2. The van der Waals surface area contributed by atoms with E-state index in [1.807, 2.05) is 0 Å². The third-order valence-electron chi connectivity index (χ3n) is 3.03. The molecule has 0 aliphatic heterocycles. The van der Waals surface area contributed by atoms with Gasteiger partial charge in [-0.3, -0.25) is 0 Å². The first-order valence-electron chi connectivity index (χ1n) is 5.69. The van der Waals surface area contributed by atoms with Gasteiger partial charge in [-0.05, 0) is 54.3 Å². The second-order valence-corrected chi connectivity index (χ2v) is 4.41. The van der Waals surface area contributed by atoms with Crippen molar-refractivity contribution in [1.82, 2.24) is 0 Å². The lowest BCUT2D eigenvalue weighted by molar-refractivity contribution is 0.219. The van der Waals surface area contributed by atoms with Gasteiger partial charge < -0.3 is 5.11 Å². The Hall–Kier alpha value is -1.74. The highest BCUT2D eigenvalue weighted by Gasteiger charge is 2.14. The van der Waals surface area contributed by atoms with Gasteiger partial charge in [0.15, 0.2) is 0 Å². The number of hydrogen-bond acceptors (Lipinski definition) is 1. The fourth-order valence-electron chi connectivity index (χ4n) is 1.92. The van der Waals surface area contributed by atoms with Crippen molar-refractivity contribution in [1.29, 1.82) is 0 Å². The molecule has 2 aromatic carbocycles. The van der Waals surface area contributed by atoms with Gasteiger partial charge in [0.05, 0.1) is 0 Å². The molecular weight excluding hydrogens is 234 g/mol. The molecular formula is C15H14F2O. The SMILES string of the molecule is Cc1cc(C(O)c2cc(F)ccc2C)ccc1F. The maximum atomic E-state index is 13.2. The lowest BCUT2D eigenvalue weighted by Gasteiger charge is -2.15. The van der Waals surface area contributed by atoms with Crippen molar-refractivity contribution in [2.45, 2.75) is 20.0 Å². The van der Waals surface area contributed by atoms with Gasteiger partial charge >= 0.3 is 0 Å². The zero-order chi connectivity index (χ0) is 13.3. The van der Waals surface area contributed by atoms with Crippen LogP contribution in [0.4, 0.5) is 8.78 Å². The largest absolute Gasteiger partial charge is 0.384 e. The molecule has 0 radical (unpaired) electrons. The smallest absolute Gasteiger partial charge is 0.126 e.